The first-order valence-corrected chi connectivity index (χ1v) is 38.7. The fraction of sp³-hybridized carbons (Fsp3) is 0.192. The molecule has 0 aliphatic heterocycles. The molecule has 112 heavy (non-hydrogen) atoms. The van der Waals surface area contributed by atoms with Gasteiger partial charge in [0.2, 0.25) is 22.8 Å². The summed E-state index contributed by atoms with van der Waals surface area (Å²) < 4.78 is 106. The summed E-state index contributed by atoms with van der Waals surface area (Å²) in [5.41, 5.74) is 22.7. The molecule has 8 aromatic heterocycles. The van der Waals surface area contributed by atoms with Crippen LogP contribution in [0.5, 0.6) is 0 Å². The largest absolute Gasteiger partial charge is 0.455 e. The summed E-state index contributed by atoms with van der Waals surface area (Å²) in [5.74, 6) is -2.75. The van der Waals surface area contributed by atoms with Gasteiger partial charge in [-0.3, -0.25) is 0 Å². The molecule has 1 saturated carbocycles. The van der Waals surface area contributed by atoms with Crippen LogP contribution < -0.4 is 18.3 Å². The predicted molar refractivity (Wildman–Crippen MR) is 464 cm³/mol. The highest BCUT2D eigenvalue weighted by Gasteiger charge is 2.28. The highest BCUT2D eigenvalue weighted by molar-refractivity contribution is 6.17. The smallest absolute Gasteiger partial charge is 0.216 e. The van der Waals surface area contributed by atoms with E-state index in [1.165, 1.54) is 50.4 Å². The van der Waals surface area contributed by atoms with Crippen LogP contribution in [0.3, 0.4) is 0 Å². The van der Waals surface area contributed by atoms with Gasteiger partial charge in [-0.2, -0.15) is 0 Å². The van der Waals surface area contributed by atoms with Gasteiger partial charge in [0, 0.05) is 102 Å². The summed E-state index contributed by atoms with van der Waals surface area (Å²) >= 11 is 0. The molecule has 0 radical (unpaired) electrons. The molecule has 0 N–H and O–H groups in total. The van der Waals surface area contributed by atoms with Gasteiger partial charge in [-0.05, 0) is 203 Å². The fourth-order valence-electron chi connectivity index (χ4n) is 17.1. The van der Waals surface area contributed by atoms with Gasteiger partial charge in [-0.25, -0.2) is 18.3 Å². The lowest BCUT2D eigenvalue weighted by atomic mass is 9.96. The third kappa shape index (κ3) is 12.8. The number of benzene rings is 12. The summed E-state index contributed by atoms with van der Waals surface area (Å²) in [6.07, 6.45) is 11.8. The zero-order valence-corrected chi connectivity index (χ0v) is 65.2. The van der Waals surface area contributed by atoms with Crippen LogP contribution in [0, 0.1) is 34.5 Å². The molecule has 0 amide bonds. The van der Waals surface area contributed by atoms with Crippen molar-refractivity contribution in [2.45, 2.75) is 106 Å². The van der Waals surface area contributed by atoms with Crippen molar-refractivity contribution in [2.24, 2.45) is 28.2 Å². The first kappa shape index (κ1) is 61.3. The predicted octanol–water partition coefficient (Wildman–Crippen LogP) is 26.4. The third-order valence-electron chi connectivity index (χ3n) is 23.0. The number of rotatable bonds is 7. The van der Waals surface area contributed by atoms with Crippen LogP contribution in [0.2, 0.25) is 0 Å². The number of aryl methyl sites for hydroxylation is 9. The summed E-state index contributed by atoms with van der Waals surface area (Å²) in [7, 11) is 7.88. The molecule has 1 unspecified atom stereocenters. The quantitative estimate of drug-likeness (QED) is 0.149. The van der Waals surface area contributed by atoms with Gasteiger partial charge in [0.05, 0.1) is 22.3 Å². The van der Waals surface area contributed by atoms with E-state index in [9.17, 15) is 0 Å². The highest BCUT2D eigenvalue weighted by atomic mass is 16.3. The van der Waals surface area contributed by atoms with Gasteiger partial charge < -0.3 is 17.7 Å². The second-order valence-electron chi connectivity index (χ2n) is 30.8. The molecule has 0 bridgehead atoms. The second kappa shape index (κ2) is 28.7. The van der Waals surface area contributed by atoms with E-state index in [0.29, 0.717) is 11.1 Å². The Bertz CT molecular complexity index is 7380. The van der Waals surface area contributed by atoms with E-state index in [0.717, 1.165) is 191 Å². The Morgan fingerprint density at radius 2 is 0.625 bits per heavy atom. The molecule has 1 aliphatic carbocycles. The molecule has 8 nitrogen and oxygen atoms in total. The maximum atomic E-state index is 8.88. The first-order chi connectivity index (χ1) is 57.8. The van der Waals surface area contributed by atoms with E-state index in [1.54, 1.807) is 24.5 Å². The normalized spacial score (nSPS) is 15.0. The molecule has 1 atom stereocenters. The number of hydrogen-bond donors (Lipinski definition) is 0. The Morgan fingerprint density at radius 3 is 0.920 bits per heavy atom. The standard InChI is InChI=1S/C28H26NO.2C26H24NO.C24H20NO/c1-18-11-13-23-24-15-20-9-5-6-10-21(20)16-26(24)30-28(23)27(18)25-14-12-22(17-29(25)2)19-7-3-4-8-19;2*1-16(2)20-10-12-23(27(4)15-20)25-17(3)9-11-21-22-13-18-7-5-6-8-19(18)14-24(22)28-26(21)25;1-15-8-11-21(25(3)14-15)23-16(2)9-10-19-20-12-17-6-4-5-7-18(17)13-22(20)26-24(19)23/h5-6,9-17,19H,3-4,7-8H2,1-2H3;2*5-16H,1-4H3;4-14H,1-3H3/q4*+1/i19D;1D3,16D;16D;1D3. The summed E-state index contributed by atoms with van der Waals surface area (Å²) in [6.45, 7) is 9.09. The zero-order valence-electron chi connectivity index (χ0n) is 74.2. The van der Waals surface area contributed by atoms with Gasteiger partial charge in [0.15, 0.2) is 24.8 Å². The molecular formula is C104H94N4O4+4. The third-order valence-corrected chi connectivity index (χ3v) is 23.0. The SMILES string of the molecule is [2H]C(C)(C)c1ccc(-c2c(C)ccc3c2oc2cc4ccccc4cc23)[n+](C)c1.[2H]C([2H])([2H])C([2H])(C)c1ccc(-c2c(C)ccc3c2oc2cc4ccccc4cc23)[n+](C)c1.[2H]C([2H])([2H])c1ccc(-c2c(C)ccc3c2oc2cc4ccccc4cc23)[n+](C)c1.[2H]C1(c2ccc(-c3c(C)ccc4c3oc3cc5ccccc5cc34)[n+](C)c2)CCCC1. The van der Waals surface area contributed by atoms with Crippen molar-refractivity contribution in [3.05, 3.63) is 312 Å². The monoisotopic (exact) mass is 1470 g/mol. The minimum atomic E-state index is -2.42. The lowest BCUT2D eigenvalue weighted by Gasteiger charge is -2.10. The van der Waals surface area contributed by atoms with Gasteiger partial charge in [-0.1, -0.05) is 186 Å². The van der Waals surface area contributed by atoms with Gasteiger partial charge in [-0.15, -0.1) is 0 Å². The topological polar surface area (TPSA) is 68.1 Å². The number of pyridine rings is 4. The molecule has 20 aromatic rings. The van der Waals surface area contributed by atoms with Crippen molar-refractivity contribution in [1.82, 2.24) is 0 Å². The van der Waals surface area contributed by atoms with Crippen molar-refractivity contribution >= 4 is 131 Å². The molecule has 8 heterocycles. The highest BCUT2D eigenvalue weighted by Crippen LogP contribution is 2.45. The van der Waals surface area contributed by atoms with E-state index in [4.69, 9.17) is 30.0 Å². The number of fused-ring (bicyclic) bond motifs is 16. The van der Waals surface area contributed by atoms with Gasteiger partial charge in [0.1, 0.15) is 72.9 Å². The van der Waals surface area contributed by atoms with Crippen LogP contribution in [0.1, 0.15) is 128 Å². The zero-order chi connectivity index (χ0) is 84.7. The van der Waals surface area contributed by atoms with Crippen LogP contribution in [0.25, 0.3) is 176 Å². The second-order valence-corrected chi connectivity index (χ2v) is 30.8. The van der Waals surface area contributed by atoms with Crippen molar-refractivity contribution in [2.75, 3.05) is 0 Å². The summed E-state index contributed by atoms with van der Waals surface area (Å²) in [4.78, 5) is 0. The molecular weight excluding hydrogens is 1370 g/mol. The average Bonchev–Trinajstić information content (AvgIpc) is 1.61. The van der Waals surface area contributed by atoms with E-state index in [2.05, 4.69) is 243 Å². The fourth-order valence-corrected chi connectivity index (χ4v) is 17.1. The van der Waals surface area contributed by atoms with Crippen molar-refractivity contribution < 1.29 is 48.3 Å². The van der Waals surface area contributed by atoms with E-state index in [-0.39, 0.29) is 0 Å². The van der Waals surface area contributed by atoms with Crippen LogP contribution in [0.4, 0.5) is 0 Å². The van der Waals surface area contributed by atoms with Crippen LogP contribution in [0.15, 0.2) is 285 Å². The van der Waals surface area contributed by atoms with Crippen LogP contribution >= 0.6 is 0 Å². The number of hydrogen-bond acceptors (Lipinski definition) is 4. The van der Waals surface area contributed by atoms with Crippen molar-refractivity contribution in [3.63, 3.8) is 0 Å². The Morgan fingerprint density at radius 1 is 0.330 bits per heavy atom. The molecule has 0 saturated heterocycles. The van der Waals surface area contributed by atoms with Crippen LogP contribution in [-0.4, -0.2) is 0 Å². The Hall–Kier alpha value is -12.5. The number of furan rings is 4. The minimum absolute atomic E-state index is 0.324. The maximum absolute atomic E-state index is 8.88. The summed E-state index contributed by atoms with van der Waals surface area (Å²) in [6, 6.07) is 83.3. The lowest BCUT2D eigenvalue weighted by Crippen LogP contribution is -2.31. The number of nitrogens with zero attached hydrogens (tertiary/aromatic N) is 4. The average molecular weight is 1470 g/mol. The minimum Gasteiger partial charge on any atom is -0.455 e. The number of aromatic nitrogens is 4. The lowest BCUT2D eigenvalue weighted by molar-refractivity contribution is -0.661. The first-order valence-electron chi connectivity index (χ1n) is 43.2. The molecule has 8 heteroatoms. The molecule has 21 rings (SSSR count). The van der Waals surface area contributed by atoms with Crippen molar-refractivity contribution in [1.29, 1.82) is 0 Å². The molecule has 0 spiro atoms. The maximum Gasteiger partial charge on any atom is 0.216 e. The Kier molecular flexibility index (Phi) is 15.7. The Labute approximate surface area is 666 Å². The van der Waals surface area contributed by atoms with E-state index < -0.39 is 31.4 Å². The van der Waals surface area contributed by atoms with E-state index >= 15 is 0 Å². The molecule has 1 fully saturated rings. The van der Waals surface area contributed by atoms with Gasteiger partial charge in [0.25, 0.3) is 0 Å². The Balaban J connectivity index is 0.000000111. The molecule has 12 aromatic carbocycles. The molecule has 550 valence electrons. The van der Waals surface area contributed by atoms with Crippen LogP contribution in [-0.2, 0) is 28.2 Å². The van der Waals surface area contributed by atoms with E-state index in [1.807, 2.05) is 87.4 Å². The molecule has 1 aliphatic rings. The van der Waals surface area contributed by atoms with Crippen molar-refractivity contribution in [3.8, 4) is 45.0 Å². The summed E-state index contributed by atoms with van der Waals surface area (Å²) in [5, 5.41) is 18.3. The van der Waals surface area contributed by atoms with Gasteiger partial charge >= 0.3 is 0 Å².